The van der Waals surface area contributed by atoms with E-state index in [2.05, 4.69) is 20.2 Å². The Bertz CT molecular complexity index is 722. The third-order valence-electron chi connectivity index (χ3n) is 2.38. The topological polar surface area (TPSA) is 192 Å². The molecule has 0 aliphatic carbocycles. The molecule has 1 aromatic carbocycles. The Hall–Kier alpha value is -3.50. The van der Waals surface area contributed by atoms with Crippen molar-refractivity contribution in [2.45, 2.75) is 0 Å². The Balaban J connectivity index is 2.42. The summed E-state index contributed by atoms with van der Waals surface area (Å²) >= 11 is 0. The van der Waals surface area contributed by atoms with Gasteiger partial charge >= 0.3 is 0 Å². The first-order valence-corrected chi connectivity index (χ1v) is 5.46. The fourth-order valence-corrected chi connectivity index (χ4v) is 1.42. The van der Waals surface area contributed by atoms with Gasteiger partial charge in [0.25, 0.3) is 5.69 Å². The van der Waals surface area contributed by atoms with Crippen molar-refractivity contribution >= 4 is 34.6 Å². The van der Waals surface area contributed by atoms with Gasteiger partial charge in [0.15, 0.2) is 17.3 Å². The van der Waals surface area contributed by atoms with Crippen molar-refractivity contribution in [3.63, 3.8) is 0 Å². The molecular weight excluding hydrogens is 280 g/mol. The molecule has 0 bridgehead atoms. The summed E-state index contributed by atoms with van der Waals surface area (Å²) in [6, 6.07) is 3.30. The summed E-state index contributed by atoms with van der Waals surface area (Å²) in [5, 5.41) is 27.6. The summed E-state index contributed by atoms with van der Waals surface area (Å²) in [5.41, 5.74) is 16.1. The first-order valence-electron chi connectivity index (χ1n) is 5.46. The SMILES string of the molecule is Nc1nc(N)c(N=Nc2cc([N+](=O)[O-])ccc2O)c(N)n1. The maximum Gasteiger partial charge on any atom is 0.271 e. The Morgan fingerprint density at radius 2 is 1.76 bits per heavy atom. The van der Waals surface area contributed by atoms with E-state index in [1.807, 2.05) is 0 Å². The van der Waals surface area contributed by atoms with Crippen LogP contribution < -0.4 is 17.2 Å². The van der Waals surface area contributed by atoms with E-state index in [0.717, 1.165) is 18.2 Å². The van der Waals surface area contributed by atoms with Gasteiger partial charge in [-0.2, -0.15) is 9.97 Å². The first kappa shape index (κ1) is 13.9. The first-order chi connectivity index (χ1) is 9.88. The van der Waals surface area contributed by atoms with Crippen LogP contribution in [-0.4, -0.2) is 20.0 Å². The highest BCUT2D eigenvalue weighted by molar-refractivity contribution is 5.71. The predicted molar refractivity (Wildman–Crippen MR) is 74.2 cm³/mol. The second-order valence-electron chi connectivity index (χ2n) is 3.83. The van der Waals surface area contributed by atoms with Crippen molar-refractivity contribution in [3.05, 3.63) is 28.3 Å². The molecule has 0 aliphatic heterocycles. The normalized spacial score (nSPS) is 10.9. The van der Waals surface area contributed by atoms with Gasteiger partial charge in [0.05, 0.1) is 4.92 Å². The molecule has 21 heavy (non-hydrogen) atoms. The van der Waals surface area contributed by atoms with E-state index >= 15 is 0 Å². The van der Waals surface area contributed by atoms with Crippen LogP contribution in [0.5, 0.6) is 5.75 Å². The molecule has 1 heterocycles. The summed E-state index contributed by atoms with van der Waals surface area (Å²) in [6.45, 7) is 0. The number of aromatic hydroxyl groups is 1. The van der Waals surface area contributed by atoms with Crippen molar-refractivity contribution in [3.8, 4) is 5.75 Å². The molecule has 7 N–H and O–H groups in total. The van der Waals surface area contributed by atoms with Crippen LogP contribution in [0.15, 0.2) is 28.4 Å². The second kappa shape index (κ2) is 5.24. The van der Waals surface area contributed by atoms with Gasteiger partial charge in [0.1, 0.15) is 11.4 Å². The number of non-ortho nitro benzene ring substituents is 1. The molecule has 0 aliphatic rings. The number of hydrogen-bond donors (Lipinski definition) is 4. The van der Waals surface area contributed by atoms with E-state index < -0.39 is 4.92 Å². The van der Waals surface area contributed by atoms with Crippen LogP contribution in [0.3, 0.4) is 0 Å². The molecule has 0 spiro atoms. The lowest BCUT2D eigenvalue weighted by Gasteiger charge is -2.03. The average molecular weight is 290 g/mol. The summed E-state index contributed by atoms with van der Waals surface area (Å²) < 4.78 is 0. The third-order valence-corrected chi connectivity index (χ3v) is 2.38. The number of nitro benzene ring substituents is 1. The zero-order valence-corrected chi connectivity index (χ0v) is 10.5. The highest BCUT2D eigenvalue weighted by Crippen LogP contribution is 2.34. The van der Waals surface area contributed by atoms with Gasteiger partial charge in [-0.3, -0.25) is 10.1 Å². The summed E-state index contributed by atoms with van der Waals surface area (Å²) in [6.07, 6.45) is 0. The van der Waals surface area contributed by atoms with Gasteiger partial charge in [-0.05, 0) is 6.07 Å². The van der Waals surface area contributed by atoms with Crippen LogP contribution in [-0.2, 0) is 0 Å². The molecule has 0 radical (unpaired) electrons. The van der Waals surface area contributed by atoms with Crippen molar-refractivity contribution in [1.82, 2.24) is 9.97 Å². The highest BCUT2D eigenvalue weighted by atomic mass is 16.6. The number of phenols is 1. The number of rotatable bonds is 3. The minimum atomic E-state index is -0.631. The van der Waals surface area contributed by atoms with E-state index in [4.69, 9.17) is 17.2 Å². The maximum atomic E-state index is 10.7. The molecule has 2 rings (SSSR count). The lowest BCUT2D eigenvalue weighted by molar-refractivity contribution is -0.384. The van der Waals surface area contributed by atoms with Crippen molar-refractivity contribution in [1.29, 1.82) is 0 Å². The molecule has 0 fully saturated rings. The number of azo groups is 1. The van der Waals surface area contributed by atoms with Crippen LogP contribution in [0.2, 0.25) is 0 Å². The number of nitrogens with two attached hydrogens (primary N) is 3. The monoisotopic (exact) mass is 290 g/mol. The fourth-order valence-electron chi connectivity index (χ4n) is 1.42. The Morgan fingerprint density at radius 1 is 1.14 bits per heavy atom. The number of nitro groups is 1. The van der Waals surface area contributed by atoms with E-state index in [1.165, 1.54) is 0 Å². The lowest BCUT2D eigenvalue weighted by Crippen LogP contribution is -2.03. The quantitative estimate of drug-likeness (QED) is 0.368. The third kappa shape index (κ3) is 2.91. The zero-order chi connectivity index (χ0) is 15.6. The molecule has 11 nitrogen and oxygen atoms in total. The van der Waals surface area contributed by atoms with Crippen LogP contribution in [0.25, 0.3) is 0 Å². The molecule has 0 amide bonds. The zero-order valence-electron chi connectivity index (χ0n) is 10.5. The smallest absolute Gasteiger partial charge is 0.271 e. The molecular formula is C10H10N8O3. The van der Waals surface area contributed by atoms with Gasteiger partial charge < -0.3 is 22.3 Å². The van der Waals surface area contributed by atoms with Gasteiger partial charge in [0.2, 0.25) is 5.95 Å². The number of nitrogen functional groups attached to an aromatic ring is 3. The van der Waals surface area contributed by atoms with E-state index in [0.29, 0.717) is 0 Å². The molecule has 0 saturated carbocycles. The van der Waals surface area contributed by atoms with Crippen molar-refractivity contribution < 1.29 is 10.0 Å². The summed E-state index contributed by atoms with van der Waals surface area (Å²) in [4.78, 5) is 17.3. The minimum absolute atomic E-state index is 0.0462. The number of hydrogen-bond acceptors (Lipinski definition) is 10. The minimum Gasteiger partial charge on any atom is -0.506 e. The summed E-state index contributed by atoms with van der Waals surface area (Å²) in [7, 11) is 0. The Morgan fingerprint density at radius 3 is 2.33 bits per heavy atom. The molecule has 0 atom stereocenters. The average Bonchev–Trinajstić information content (AvgIpc) is 2.39. The van der Waals surface area contributed by atoms with Crippen LogP contribution in [0, 0.1) is 10.1 Å². The molecule has 1 aromatic heterocycles. The maximum absolute atomic E-state index is 10.7. The number of anilines is 3. The molecule has 11 heteroatoms. The van der Waals surface area contributed by atoms with Crippen molar-refractivity contribution in [2.75, 3.05) is 17.2 Å². The van der Waals surface area contributed by atoms with Gasteiger partial charge in [0, 0.05) is 12.1 Å². The van der Waals surface area contributed by atoms with E-state index in [-0.39, 0.29) is 40.4 Å². The molecule has 108 valence electrons. The number of nitrogens with zero attached hydrogens (tertiary/aromatic N) is 5. The van der Waals surface area contributed by atoms with Gasteiger partial charge in [-0.15, -0.1) is 10.2 Å². The second-order valence-corrected chi connectivity index (χ2v) is 3.83. The Labute approximate surface area is 117 Å². The number of phenolic OH excluding ortho intramolecular Hbond substituents is 1. The lowest BCUT2D eigenvalue weighted by atomic mass is 10.2. The van der Waals surface area contributed by atoms with Crippen LogP contribution in [0.4, 0.5) is 34.6 Å². The van der Waals surface area contributed by atoms with E-state index in [1.54, 1.807) is 0 Å². The Kier molecular flexibility index (Phi) is 3.47. The molecule has 0 unspecified atom stereocenters. The molecule has 0 saturated heterocycles. The predicted octanol–water partition coefficient (Wildman–Crippen LogP) is 1.25. The van der Waals surface area contributed by atoms with Crippen LogP contribution in [0.1, 0.15) is 0 Å². The fraction of sp³-hybridized carbons (Fsp3) is 0. The van der Waals surface area contributed by atoms with Gasteiger partial charge in [-0.25, -0.2) is 0 Å². The highest BCUT2D eigenvalue weighted by Gasteiger charge is 2.11. The van der Waals surface area contributed by atoms with E-state index in [9.17, 15) is 15.2 Å². The van der Waals surface area contributed by atoms with Crippen LogP contribution >= 0.6 is 0 Å². The summed E-state index contributed by atoms with van der Waals surface area (Å²) in [5.74, 6) is -0.623. The largest absolute Gasteiger partial charge is 0.506 e. The van der Waals surface area contributed by atoms with Gasteiger partial charge in [-0.1, -0.05) is 0 Å². The van der Waals surface area contributed by atoms with Crippen molar-refractivity contribution in [2.24, 2.45) is 10.2 Å². The number of benzene rings is 1. The number of aromatic nitrogens is 2. The molecule has 2 aromatic rings. The standard InChI is InChI=1S/C10H10N8O3/c11-8-7(9(12)15-10(13)14-8)17-16-5-3-4(18(20)21)1-2-6(5)19/h1-3,19H,(H6,11,12,13,14,15).